The molecule has 1 amide bonds. The summed E-state index contributed by atoms with van der Waals surface area (Å²) in [5.74, 6) is 0.739. The van der Waals surface area contributed by atoms with Crippen molar-refractivity contribution >= 4 is 16.8 Å². The normalized spacial score (nSPS) is 11.7. The van der Waals surface area contributed by atoms with E-state index in [0.717, 1.165) is 33.4 Å². The number of fused-ring (bicyclic) bond motifs is 1. The molecule has 0 saturated heterocycles. The number of hydrogen-bond acceptors (Lipinski definition) is 4. The third kappa shape index (κ3) is 3.54. The third-order valence-corrected chi connectivity index (χ3v) is 4.76. The lowest BCUT2D eigenvalue weighted by atomic mass is 9.95. The summed E-state index contributed by atoms with van der Waals surface area (Å²) < 4.78 is 0. The highest BCUT2D eigenvalue weighted by Gasteiger charge is 2.19. The lowest BCUT2D eigenvalue weighted by molar-refractivity contribution is 0.0829. The number of amides is 1. The van der Waals surface area contributed by atoms with Crippen molar-refractivity contribution in [3.63, 3.8) is 0 Å². The van der Waals surface area contributed by atoms with Crippen LogP contribution >= 0.6 is 0 Å². The van der Waals surface area contributed by atoms with E-state index in [1.54, 1.807) is 31.4 Å². The van der Waals surface area contributed by atoms with Gasteiger partial charge in [0.05, 0.1) is 16.8 Å². The Morgan fingerprint density at radius 2 is 1.67 bits per heavy atom. The van der Waals surface area contributed by atoms with Gasteiger partial charge in [0.2, 0.25) is 0 Å². The first-order valence-corrected chi connectivity index (χ1v) is 9.05. The maximum Gasteiger partial charge on any atom is 0.254 e. The van der Waals surface area contributed by atoms with Crippen LogP contribution < -0.4 is 0 Å². The van der Waals surface area contributed by atoms with Gasteiger partial charge in [-0.25, -0.2) is 15.0 Å². The van der Waals surface area contributed by atoms with Crippen molar-refractivity contribution in [2.45, 2.75) is 40.0 Å². The maximum atomic E-state index is 12.8. The van der Waals surface area contributed by atoms with E-state index in [1.165, 1.54) is 0 Å². The molecule has 2 aromatic heterocycles. The number of carbonyl (C=O) groups excluding carboxylic acids is 1. The molecule has 0 aliphatic rings. The molecule has 3 aromatic rings. The Morgan fingerprint density at radius 3 is 2.22 bits per heavy atom. The smallest absolute Gasteiger partial charge is 0.254 e. The second kappa shape index (κ2) is 6.72. The molecule has 0 aliphatic carbocycles. The largest absolute Gasteiger partial charge is 0.345 e. The van der Waals surface area contributed by atoms with Gasteiger partial charge in [0.25, 0.3) is 5.91 Å². The van der Waals surface area contributed by atoms with Crippen molar-refractivity contribution in [1.82, 2.24) is 19.9 Å². The highest BCUT2D eigenvalue weighted by molar-refractivity contribution is 6.07. The molecule has 3 rings (SSSR count). The quantitative estimate of drug-likeness (QED) is 0.682. The molecule has 0 bridgehead atoms. The zero-order valence-electron chi connectivity index (χ0n) is 17.1. The first kappa shape index (κ1) is 19.0. The summed E-state index contributed by atoms with van der Waals surface area (Å²) in [6.45, 7) is 10.3. The van der Waals surface area contributed by atoms with Gasteiger partial charge in [0.15, 0.2) is 0 Å². The molecule has 0 radical (unpaired) electrons. The Morgan fingerprint density at radius 1 is 1.04 bits per heavy atom. The minimum atomic E-state index is -0.116. The van der Waals surface area contributed by atoms with Gasteiger partial charge in [-0.1, -0.05) is 32.9 Å². The van der Waals surface area contributed by atoms with Crippen molar-refractivity contribution < 1.29 is 4.79 Å². The first-order chi connectivity index (χ1) is 12.6. The number of hydrogen-bond donors (Lipinski definition) is 0. The van der Waals surface area contributed by atoms with Gasteiger partial charge in [0.1, 0.15) is 5.82 Å². The molecule has 5 nitrogen and oxygen atoms in total. The van der Waals surface area contributed by atoms with Crippen LogP contribution in [-0.4, -0.2) is 39.9 Å². The fourth-order valence-electron chi connectivity index (χ4n) is 2.94. The van der Waals surface area contributed by atoms with Crippen molar-refractivity contribution in [3.05, 3.63) is 53.1 Å². The number of carbonyl (C=O) groups is 1. The monoisotopic (exact) mass is 362 g/mol. The lowest BCUT2D eigenvalue weighted by Gasteiger charge is -2.17. The van der Waals surface area contributed by atoms with Crippen LogP contribution in [0, 0.1) is 13.8 Å². The summed E-state index contributed by atoms with van der Waals surface area (Å²) >= 11 is 0. The van der Waals surface area contributed by atoms with E-state index in [2.05, 4.69) is 37.7 Å². The topological polar surface area (TPSA) is 59.0 Å². The molecule has 0 fully saturated rings. The van der Waals surface area contributed by atoms with Crippen molar-refractivity contribution in [3.8, 4) is 11.3 Å². The molecule has 140 valence electrons. The molecule has 0 N–H and O–H groups in total. The van der Waals surface area contributed by atoms with Crippen LogP contribution in [0.1, 0.15) is 48.1 Å². The standard InChI is InChI=1S/C22H26N4O/c1-13-8-9-16-17(20(27)26(6)7)10-18(25-19(16)14(13)2)15-11-23-21(24-12-15)22(3,4)5/h8-12H,1-7H3. The molecule has 1 aromatic carbocycles. The average molecular weight is 362 g/mol. The van der Waals surface area contributed by atoms with E-state index in [0.29, 0.717) is 11.3 Å². The molecular formula is C22H26N4O. The first-order valence-electron chi connectivity index (χ1n) is 9.05. The highest BCUT2D eigenvalue weighted by atomic mass is 16.2. The summed E-state index contributed by atoms with van der Waals surface area (Å²) in [6, 6.07) is 5.85. The second-order valence-corrected chi connectivity index (χ2v) is 8.20. The second-order valence-electron chi connectivity index (χ2n) is 8.20. The summed E-state index contributed by atoms with van der Waals surface area (Å²) in [5, 5.41) is 0.868. The van der Waals surface area contributed by atoms with Crippen LogP contribution in [0.3, 0.4) is 0 Å². The molecule has 5 heteroatoms. The highest BCUT2D eigenvalue weighted by Crippen LogP contribution is 2.29. The summed E-state index contributed by atoms with van der Waals surface area (Å²) in [4.78, 5) is 28.2. The van der Waals surface area contributed by atoms with Crippen LogP contribution in [-0.2, 0) is 5.41 Å². The number of pyridine rings is 1. The molecule has 0 spiro atoms. The van der Waals surface area contributed by atoms with E-state index >= 15 is 0 Å². The third-order valence-electron chi connectivity index (χ3n) is 4.76. The zero-order valence-corrected chi connectivity index (χ0v) is 17.1. The Hall–Kier alpha value is -2.82. The van der Waals surface area contributed by atoms with Crippen LogP contribution in [0.25, 0.3) is 22.2 Å². The average Bonchev–Trinajstić information content (AvgIpc) is 2.62. The SMILES string of the molecule is Cc1ccc2c(C(=O)N(C)C)cc(-c3cnc(C(C)(C)C)nc3)nc2c1C. The predicted molar refractivity (Wildman–Crippen MR) is 109 cm³/mol. The molecule has 0 unspecified atom stereocenters. The zero-order chi connectivity index (χ0) is 19.9. The fraction of sp³-hybridized carbons (Fsp3) is 0.364. The van der Waals surface area contributed by atoms with Gasteiger partial charge in [-0.3, -0.25) is 4.79 Å². The predicted octanol–water partition coefficient (Wildman–Crippen LogP) is 4.31. The number of aryl methyl sites for hydroxylation is 2. The number of benzene rings is 1. The van der Waals surface area contributed by atoms with E-state index in [4.69, 9.17) is 4.98 Å². The van der Waals surface area contributed by atoms with Gasteiger partial charge in [0, 0.05) is 42.9 Å². The van der Waals surface area contributed by atoms with Gasteiger partial charge in [-0.05, 0) is 31.0 Å². The van der Waals surface area contributed by atoms with Gasteiger partial charge >= 0.3 is 0 Å². The number of aromatic nitrogens is 3. The summed E-state index contributed by atoms with van der Waals surface area (Å²) in [5.41, 5.74) is 5.11. The van der Waals surface area contributed by atoms with Gasteiger partial charge < -0.3 is 4.90 Å². The Bertz CT molecular complexity index is 1020. The number of rotatable bonds is 2. The van der Waals surface area contributed by atoms with Crippen LogP contribution in [0.2, 0.25) is 0 Å². The maximum absolute atomic E-state index is 12.8. The van der Waals surface area contributed by atoms with E-state index in [1.807, 2.05) is 25.1 Å². The van der Waals surface area contributed by atoms with Gasteiger partial charge in [-0.2, -0.15) is 0 Å². The van der Waals surface area contributed by atoms with E-state index in [9.17, 15) is 4.79 Å². The van der Waals surface area contributed by atoms with E-state index in [-0.39, 0.29) is 11.3 Å². The van der Waals surface area contributed by atoms with Crippen molar-refractivity contribution in [2.75, 3.05) is 14.1 Å². The van der Waals surface area contributed by atoms with E-state index < -0.39 is 0 Å². The van der Waals surface area contributed by atoms with Crippen LogP contribution in [0.5, 0.6) is 0 Å². The Balaban J connectivity index is 2.24. The summed E-state index contributed by atoms with van der Waals surface area (Å²) in [6.07, 6.45) is 3.58. The minimum absolute atomic E-state index is 0.0425. The van der Waals surface area contributed by atoms with Crippen LogP contribution in [0.4, 0.5) is 0 Å². The van der Waals surface area contributed by atoms with Crippen molar-refractivity contribution in [1.29, 1.82) is 0 Å². The molecule has 0 saturated carbocycles. The summed E-state index contributed by atoms with van der Waals surface area (Å²) in [7, 11) is 3.52. The van der Waals surface area contributed by atoms with Crippen molar-refractivity contribution in [2.24, 2.45) is 0 Å². The molecule has 2 heterocycles. The lowest BCUT2D eigenvalue weighted by Crippen LogP contribution is -2.22. The fourth-order valence-corrected chi connectivity index (χ4v) is 2.94. The molecule has 0 atom stereocenters. The van der Waals surface area contributed by atoms with Gasteiger partial charge in [-0.15, -0.1) is 0 Å². The molecular weight excluding hydrogens is 336 g/mol. The Labute approximate surface area is 160 Å². The van der Waals surface area contributed by atoms with Crippen LogP contribution in [0.15, 0.2) is 30.6 Å². The Kier molecular flexibility index (Phi) is 4.72. The molecule has 0 aliphatic heterocycles. The molecule has 27 heavy (non-hydrogen) atoms. The minimum Gasteiger partial charge on any atom is -0.345 e. The number of nitrogens with zero attached hydrogens (tertiary/aromatic N) is 4.